The molecule has 2 rings (SSSR count). The Labute approximate surface area is 78.9 Å². The highest BCUT2D eigenvalue weighted by Gasteiger charge is 2.31. The van der Waals surface area contributed by atoms with Crippen molar-refractivity contribution in [3.8, 4) is 0 Å². The average molecular weight is 179 g/mol. The molecule has 1 aliphatic rings. The second kappa shape index (κ2) is 3.14. The monoisotopic (exact) mass is 179 g/mol. The van der Waals surface area contributed by atoms with Crippen molar-refractivity contribution in [1.29, 1.82) is 0 Å². The first-order valence-electron chi connectivity index (χ1n) is 4.93. The highest BCUT2D eigenvalue weighted by Crippen LogP contribution is 2.30. The zero-order chi connectivity index (χ0) is 9.31. The number of nitrogens with one attached hydrogen (secondary N) is 2. The van der Waals surface area contributed by atoms with Crippen LogP contribution in [0.4, 0.5) is 0 Å². The van der Waals surface area contributed by atoms with E-state index in [1.807, 2.05) is 6.20 Å². The molecule has 1 aromatic heterocycles. The van der Waals surface area contributed by atoms with Gasteiger partial charge in [0, 0.05) is 17.7 Å². The van der Waals surface area contributed by atoms with Gasteiger partial charge in [0.1, 0.15) is 0 Å². The first-order chi connectivity index (χ1) is 6.22. The van der Waals surface area contributed by atoms with E-state index in [4.69, 9.17) is 0 Å². The number of piperidine rings is 1. The van der Waals surface area contributed by atoms with Gasteiger partial charge in [-0.3, -0.25) is 5.10 Å². The standard InChI is InChI=1S/C10H17N3/c1-8-6-12-13-9(8)10(2)4-3-5-11-7-10/h6,11H,3-5,7H2,1-2H3,(H,12,13)/t10-/m0/s1. The smallest absolute Gasteiger partial charge is 0.0519 e. The molecular weight excluding hydrogens is 162 g/mol. The van der Waals surface area contributed by atoms with E-state index >= 15 is 0 Å². The maximum Gasteiger partial charge on any atom is 0.0519 e. The topological polar surface area (TPSA) is 40.7 Å². The Morgan fingerprint density at radius 3 is 2.92 bits per heavy atom. The molecule has 0 unspecified atom stereocenters. The number of aromatic nitrogens is 2. The Kier molecular flexibility index (Phi) is 2.12. The number of rotatable bonds is 1. The number of nitrogens with zero attached hydrogens (tertiary/aromatic N) is 1. The highest BCUT2D eigenvalue weighted by molar-refractivity contribution is 5.24. The van der Waals surface area contributed by atoms with E-state index in [9.17, 15) is 0 Å². The summed E-state index contributed by atoms with van der Waals surface area (Å²) in [5.74, 6) is 0. The minimum atomic E-state index is 0.263. The van der Waals surface area contributed by atoms with Crippen LogP contribution in [0.2, 0.25) is 0 Å². The summed E-state index contributed by atoms with van der Waals surface area (Å²) in [5, 5.41) is 10.7. The van der Waals surface area contributed by atoms with Crippen LogP contribution in [-0.2, 0) is 5.41 Å². The third-order valence-electron chi connectivity index (χ3n) is 3.03. The molecule has 0 aliphatic carbocycles. The normalized spacial score (nSPS) is 29.1. The van der Waals surface area contributed by atoms with Crippen molar-refractivity contribution in [3.63, 3.8) is 0 Å². The van der Waals surface area contributed by atoms with Crippen molar-refractivity contribution in [2.24, 2.45) is 0 Å². The van der Waals surface area contributed by atoms with E-state index in [0.29, 0.717) is 0 Å². The van der Waals surface area contributed by atoms with Gasteiger partial charge in [0.15, 0.2) is 0 Å². The fraction of sp³-hybridized carbons (Fsp3) is 0.700. The van der Waals surface area contributed by atoms with Gasteiger partial charge < -0.3 is 5.32 Å². The van der Waals surface area contributed by atoms with Crippen LogP contribution in [0.5, 0.6) is 0 Å². The van der Waals surface area contributed by atoms with Crippen LogP contribution in [0.3, 0.4) is 0 Å². The number of H-pyrrole nitrogens is 1. The van der Waals surface area contributed by atoms with Crippen LogP contribution < -0.4 is 5.32 Å². The lowest BCUT2D eigenvalue weighted by atomic mass is 9.78. The molecule has 0 saturated carbocycles. The second-order valence-corrected chi connectivity index (χ2v) is 4.27. The Balaban J connectivity index is 2.27. The van der Waals surface area contributed by atoms with Crippen molar-refractivity contribution in [1.82, 2.24) is 15.5 Å². The molecule has 0 amide bonds. The molecule has 1 atom stereocenters. The Bertz CT molecular complexity index is 284. The highest BCUT2D eigenvalue weighted by atomic mass is 15.1. The van der Waals surface area contributed by atoms with Crippen LogP contribution >= 0.6 is 0 Å². The fourth-order valence-corrected chi connectivity index (χ4v) is 2.23. The van der Waals surface area contributed by atoms with Gasteiger partial charge in [-0.2, -0.15) is 5.10 Å². The summed E-state index contributed by atoms with van der Waals surface area (Å²) in [7, 11) is 0. The van der Waals surface area contributed by atoms with Crippen LogP contribution in [0.1, 0.15) is 31.0 Å². The van der Waals surface area contributed by atoms with Crippen LogP contribution in [0.25, 0.3) is 0 Å². The van der Waals surface area contributed by atoms with Gasteiger partial charge in [0.2, 0.25) is 0 Å². The lowest BCUT2D eigenvalue weighted by Crippen LogP contribution is -2.41. The second-order valence-electron chi connectivity index (χ2n) is 4.27. The van der Waals surface area contributed by atoms with Gasteiger partial charge in [-0.1, -0.05) is 6.92 Å². The molecule has 0 bridgehead atoms. The SMILES string of the molecule is Cc1cn[nH]c1[C@@]1(C)CCCNC1. The predicted octanol–water partition coefficient (Wildman–Crippen LogP) is 1.36. The zero-order valence-corrected chi connectivity index (χ0v) is 8.35. The van der Waals surface area contributed by atoms with Gasteiger partial charge in [-0.05, 0) is 31.9 Å². The first kappa shape index (κ1) is 8.75. The van der Waals surface area contributed by atoms with Crippen LogP contribution in [0, 0.1) is 6.92 Å². The average Bonchev–Trinajstić information content (AvgIpc) is 2.53. The molecule has 0 spiro atoms. The number of aryl methyl sites for hydroxylation is 1. The maximum atomic E-state index is 4.09. The zero-order valence-electron chi connectivity index (χ0n) is 8.35. The molecule has 2 N–H and O–H groups in total. The molecule has 0 aromatic carbocycles. The summed E-state index contributed by atoms with van der Waals surface area (Å²) in [6, 6.07) is 0. The van der Waals surface area contributed by atoms with Crippen molar-refractivity contribution in [2.75, 3.05) is 13.1 Å². The third kappa shape index (κ3) is 1.48. The number of hydrogen-bond donors (Lipinski definition) is 2. The number of aromatic amines is 1. The van der Waals surface area contributed by atoms with Gasteiger partial charge >= 0.3 is 0 Å². The molecule has 3 heteroatoms. The van der Waals surface area contributed by atoms with E-state index in [2.05, 4.69) is 29.4 Å². The summed E-state index contributed by atoms with van der Waals surface area (Å²) in [6.45, 7) is 6.65. The minimum Gasteiger partial charge on any atom is -0.316 e. The third-order valence-corrected chi connectivity index (χ3v) is 3.03. The van der Waals surface area contributed by atoms with Crippen molar-refractivity contribution in [3.05, 3.63) is 17.5 Å². The molecule has 13 heavy (non-hydrogen) atoms. The summed E-state index contributed by atoms with van der Waals surface area (Å²) in [6.07, 6.45) is 4.42. The van der Waals surface area contributed by atoms with E-state index < -0.39 is 0 Å². The van der Waals surface area contributed by atoms with E-state index in [1.54, 1.807) is 0 Å². The quantitative estimate of drug-likeness (QED) is 0.683. The minimum absolute atomic E-state index is 0.263. The van der Waals surface area contributed by atoms with Crippen molar-refractivity contribution in [2.45, 2.75) is 32.1 Å². The summed E-state index contributed by atoms with van der Waals surface area (Å²) in [5.41, 5.74) is 2.85. The van der Waals surface area contributed by atoms with Gasteiger partial charge in [0.25, 0.3) is 0 Å². The van der Waals surface area contributed by atoms with Gasteiger partial charge in [0.05, 0.1) is 6.20 Å². The largest absolute Gasteiger partial charge is 0.316 e. The predicted molar refractivity (Wildman–Crippen MR) is 52.8 cm³/mol. The Morgan fingerprint density at radius 2 is 2.38 bits per heavy atom. The van der Waals surface area contributed by atoms with Gasteiger partial charge in [-0.25, -0.2) is 0 Å². The Hall–Kier alpha value is -0.830. The summed E-state index contributed by atoms with van der Waals surface area (Å²) >= 11 is 0. The first-order valence-corrected chi connectivity index (χ1v) is 4.93. The van der Waals surface area contributed by atoms with E-state index in [0.717, 1.165) is 13.1 Å². The Morgan fingerprint density at radius 1 is 1.54 bits per heavy atom. The molecule has 1 aromatic rings. The molecule has 72 valence electrons. The van der Waals surface area contributed by atoms with Crippen LogP contribution in [0.15, 0.2) is 6.20 Å². The van der Waals surface area contributed by atoms with Gasteiger partial charge in [-0.15, -0.1) is 0 Å². The lowest BCUT2D eigenvalue weighted by molar-refractivity contribution is 0.330. The van der Waals surface area contributed by atoms with Crippen molar-refractivity contribution < 1.29 is 0 Å². The maximum absolute atomic E-state index is 4.09. The molecule has 2 heterocycles. The molecule has 1 saturated heterocycles. The van der Waals surface area contributed by atoms with Crippen LogP contribution in [-0.4, -0.2) is 23.3 Å². The lowest BCUT2D eigenvalue weighted by Gasteiger charge is -2.33. The van der Waals surface area contributed by atoms with Crippen molar-refractivity contribution >= 4 is 0 Å². The van der Waals surface area contributed by atoms with E-state index in [1.165, 1.54) is 24.1 Å². The molecule has 3 nitrogen and oxygen atoms in total. The molecule has 1 aliphatic heterocycles. The molecule has 1 fully saturated rings. The summed E-state index contributed by atoms with van der Waals surface area (Å²) in [4.78, 5) is 0. The fourth-order valence-electron chi connectivity index (χ4n) is 2.23. The molecule has 0 radical (unpaired) electrons. The summed E-state index contributed by atoms with van der Waals surface area (Å²) < 4.78 is 0. The number of hydrogen-bond acceptors (Lipinski definition) is 2. The van der Waals surface area contributed by atoms with E-state index in [-0.39, 0.29) is 5.41 Å². The molecular formula is C10H17N3.